The van der Waals surface area contributed by atoms with E-state index in [-0.39, 0.29) is 5.92 Å². The fourth-order valence-corrected chi connectivity index (χ4v) is 2.43. The van der Waals surface area contributed by atoms with E-state index in [1.54, 1.807) is 0 Å². The smallest absolute Gasteiger partial charge is 0.0758 e. The predicted molar refractivity (Wildman–Crippen MR) is 67.2 cm³/mol. The van der Waals surface area contributed by atoms with E-state index in [1.807, 2.05) is 0 Å². The van der Waals surface area contributed by atoms with Crippen molar-refractivity contribution in [1.29, 1.82) is 0 Å². The third-order valence-electron chi connectivity index (χ3n) is 2.31. The minimum atomic E-state index is 0.187. The first-order valence-corrected chi connectivity index (χ1v) is 5.57. The minimum absolute atomic E-state index is 0.187. The highest BCUT2D eigenvalue weighted by Gasteiger charge is 2.19. The first-order valence-electron chi connectivity index (χ1n) is 4.78. The van der Waals surface area contributed by atoms with E-state index in [0.717, 1.165) is 0 Å². The Labute approximate surface area is 96.3 Å². The van der Waals surface area contributed by atoms with Crippen molar-refractivity contribution in [1.82, 2.24) is 0 Å². The van der Waals surface area contributed by atoms with Crippen LogP contribution in [0.4, 0.5) is 0 Å². The van der Waals surface area contributed by atoms with Gasteiger partial charge < -0.3 is 0 Å². The topological polar surface area (TPSA) is 0 Å². The molecule has 0 radical (unpaired) electrons. The van der Waals surface area contributed by atoms with E-state index < -0.39 is 0 Å². The zero-order valence-electron chi connectivity index (χ0n) is 8.75. The van der Waals surface area contributed by atoms with Crippen LogP contribution in [0, 0.1) is 12.8 Å². The monoisotopic (exact) mass is 226 g/mol. The highest BCUT2D eigenvalue weighted by molar-refractivity contribution is 7.83. The quantitative estimate of drug-likeness (QED) is 0.547. The van der Waals surface area contributed by atoms with Gasteiger partial charge in [-0.3, -0.25) is 0 Å². The zero-order valence-corrected chi connectivity index (χ0v) is 10.3. The lowest BCUT2D eigenvalue weighted by Crippen LogP contribution is -2.12. The molecule has 0 aromatic heterocycles. The lowest BCUT2D eigenvalue weighted by Gasteiger charge is -2.19. The van der Waals surface area contributed by atoms with Crippen molar-refractivity contribution in [3.05, 3.63) is 35.4 Å². The first-order chi connectivity index (χ1) is 6.52. The summed E-state index contributed by atoms with van der Waals surface area (Å²) in [6.45, 7) is 6.36. The van der Waals surface area contributed by atoms with Gasteiger partial charge in [0.15, 0.2) is 0 Å². The van der Waals surface area contributed by atoms with Crippen molar-refractivity contribution in [2.45, 2.75) is 26.7 Å². The minimum Gasteiger partial charge on any atom is -0.0758 e. The van der Waals surface area contributed by atoms with Crippen LogP contribution < -0.4 is 0 Å². The molecule has 0 amide bonds. The SMILES string of the molecule is Cc1cccc(C(C(=S)Cl)C(C)C)c1. The van der Waals surface area contributed by atoms with Crippen LogP contribution in [0.1, 0.15) is 30.9 Å². The van der Waals surface area contributed by atoms with E-state index in [1.165, 1.54) is 11.1 Å². The summed E-state index contributed by atoms with van der Waals surface area (Å²) < 4.78 is 0.561. The zero-order chi connectivity index (χ0) is 10.7. The number of hydrogen-bond donors (Lipinski definition) is 0. The number of thiocarbonyl (C=S) groups is 1. The molecule has 76 valence electrons. The van der Waals surface area contributed by atoms with Gasteiger partial charge in [0.1, 0.15) is 0 Å². The largest absolute Gasteiger partial charge is 0.0885 e. The van der Waals surface area contributed by atoms with Gasteiger partial charge in [0, 0.05) is 5.92 Å². The second kappa shape index (κ2) is 4.90. The average molecular weight is 227 g/mol. The molecule has 0 saturated carbocycles. The molecule has 0 spiro atoms. The number of benzene rings is 1. The van der Waals surface area contributed by atoms with Crippen LogP contribution >= 0.6 is 23.8 Å². The van der Waals surface area contributed by atoms with E-state index in [9.17, 15) is 0 Å². The number of halogens is 1. The second-order valence-electron chi connectivity index (χ2n) is 3.94. The Bertz CT molecular complexity index is 331. The first kappa shape index (κ1) is 11.7. The van der Waals surface area contributed by atoms with Crippen molar-refractivity contribution in [3.8, 4) is 0 Å². The van der Waals surface area contributed by atoms with Crippen LogP contribution in [0.5, 0.6) is 0 Å². The molecule has 1 unspecified atom stereocenters. The Morgan fingerprint density at radius 1 is 1.36 bits per heavy atom. The molecule has 1 rings (SSSR count). The van der Waals surface area contributed by atoms with Gasteiger partial charge in [-0.2, -0.15) is 0 Å². The van der Waals surface area contributed by atoms with Crippen molar-refractivity contribution >= 4 is 28.1 Å². The van der Waals surface area contributed by atoms with Gasteiger partial charge in [0.05, 0.1) is 4.32 Å². The molecule has 1 aromatic carbocycles. The van der Waals surface area contributed by atoms with Gasteiger partial charge in [0.25, 0.3) is 0 Å². The third kappa shape index (κ3) is 2.79. The van der Waals surface area contributed by atoms with E-state index in [0.29, 0.717) is 10.2 Å². The summed E-state index contributed by atoms with van der Waals surface area (Å²) in [5.74, 6) is 0.633. The maximum atomic E-state index is 5.96. The summed E-state index contributed by atoms with van der Waals surface area (Å²) in [5, 5.41) is 0. The van der Waals surface area contributed by atoms with Gasteiger partial charge in [-0.25, -0.2) is 0 Å². The average Bonchev–Trinajstić information content (AvgIpc) is 2.02. The molecule has 0 heterocycles. The van der Waals surface area contributed by atoms with Gasteiger partial charge in [-0.15, -0.1) is 0 Å². The van der Waals surface area contributed by atoms with Gasteiger partial charge in [-0.1, -0.05) is 67.5 Å². The standard InChI is InChI=1S/C12H15ClS/c1-8(2)11(12(13)14)10-6-4-5-9(3)7-10/h4-8,11H,1-3H3. The maximum absolute atomic E-state index is 5.96. The molecular formula is C12H15ClS. The van der Waals surface area contributed by atoms with Gasteiger partial charge >= 0.3 is 0 Å². The molecule has 0 aliphatic carbocycles. The van der Waals surface area contributed by atoms with Crippen LogP contribution in [0.15, 0.2) is 24.3 Å². The molecule has 0 saturated heterocycles. The fraction of sp³-hybridized carbons (Fsp3) is 0.417. The van der Waals surface area contributed by atoms with Crippen LogP contribution in [-0.4, -0.2) is 4.32 Å². The lowest BCUT2D eigenvalue weighted by atomic mass is 9.89. The maximum Gasteiger partial charge on any atom is 0.0885 e. The van der Waals surface area contributed by atoms with Crippen LogP contribution in [-0.2, 0) is 0 Å². The van der Waals surface area contributed by atoms with Gasteiger partial charge in [-0.05, 0) is 18.4 Å². The Morgan fingerprint density at radius 3 is 2.43 bits per heavy atom. The molecule has 0 nitrogen and oxygen atoms in total. The predicted octanol–water partition coefficient (Wildman–Crippen LogP) is 4.30. The molecule has 1 aromatic rings. The molecule has 0 N–H and O–H groups in total. The van der Waals surface area contributed by atoms with E-state index >= 15 is 0 Å². The van der Waals surface area contributed by atoms with Crippen LogP contribution in [0.3, 0.4) is 0 Å². The Balaban J connectivity index is 3.05. The summed E-state index contributed by atoms with van der Waals surface area (Å²) in [5.41, 5.74) is 2.47. The molecular weight excluding hydrogens is 212 g/mol. The molecule has 1 atom stereocenters. The van der Waals surface area contributed by atoms with Crippen LogP contribution in [0.25, 0.3) is 0 Å². The Morgan fingerprint density at radius 2 is 2.00 bits per heavy atom. The molecule has 0 aliphatic rings. The van der Waals surface area contributed by atoms with Crippen molar-refractivity contribution < 1.29 is 0 Å². The molecule has 2 heteroatoms. The third-order valence-corrected chi connectivity index (χ3v) is 2.80. The summed E-state index contributed by atoms with van der Waals surface area (Å²) in [6, 6.07) is 8.37. The number of hydrogen-bond acceptors (Lipinski definition) is 1. The molecule has 0 fully saturated rings. The second-order valence-corrected chi connectivity index (χ2v) is 5.01. The lowest BCUT2D eigenvalue weighted by molar-refractivity contribution is 0.611. The number of aryl methyl sites for hydroxylation is 1. The Hall–Kier alpha value is -0.400. The van der Waals surface area contributed by atoms with Crippen molar-refractivity contribution in [3.63, 3.8) is 0 Å². The highest BCUT2D eigenvalue weighted by Crippen LogP contribution is 2.28. The normalized spacial score (nSPS) is 12.9. The Kier molecular flexibility index (Phi) is 4.09. The molecule has 0 bridgehead atoms. The summed E-state index contributed by atoms with van der Waals surface area (Å²) in [4.78, 5) is 0. The van der Waals surface area contributed by atoms with Crippen LogP contribution in [0.2, 0.25) is 0 Å². The van der Waals surface area contributed by atoms with E-state index in [4.69, 9.17) is 23.8 Å². The molecule has 0 aliphatic heterocycles. The summed E-state index contributed by atoms with van der Waals surface area (Å²) in [6.07, 6.45) is 0. The highest BCUT2D eigenvalue weighted by atomic mass is 35.5. The van der Waals surface area contributed by atoms with E-state index in [2.05, 4.69) is 45.0 Å². The van der Waals surface area contributed by atoms with Gasteiger partial charge in [0.2, 0.25) is 0 Å². The molecule has 14 heavy (non-hydrogen) atoms. The summed E-state index contributed by atoms with van der Waals surface area (Å²) in [7, 11) is 0. The summed E-state index contributed by atoms with van der Waals surface area (Å²) >= 11 is 11.0. The number of rotatable bonds is 3. The fourth-order valence-electron chi connectivity index (χ4n) is 1.64. The van der Waals surface area contributed by atoms with Crippen molar-refractivity contribution in [2.75, 3.05) is 0 Å². The van der Waals surface area contributed by atoms with Crippen molar-refractivity contribution in [2.24, 2.45) is 5.92 Å².